The van der Waals surface area contributed by atoms with Gasteiger partial charge in [-0.25, -0.2) is 8.42 Å². The van der Waals surface area contributed by atoms with Crippen LogP contribution in [0.4, 0.5) is 17.1 Å². The van der Waals surface area contributed by atoms with E-state index in [1.165, 1.54) is 11.3 Å². The van der Waals surface area contributed by atoms with E-state index in [-0.39, 0.29) is 5.75 Å². The Balaban J connectivity index is 1.44. The predicted octanol–water partition coefficient (Wildman–Crippen LogP) is 4.76. The molecule has 0 bridgehead atoms. The number of hydrogen-bond acceptors (Lipinski definition) is 3. The van der Waals surface area contributed by atoms with E-state index in [1.54, 1.807) is 0 Å². The molecule has 144 valence electrons. The third-order valence-corrected chi connectivity index (χ3v) is 6.35. The summed E-state index contributed by atoms with van der Waals surface area (Å²) in [6, 6.07) is 25.8. The Morgan fingerprint density at radius 3 is 2.36 bits per heavy atom. The van der Waals surface area contributed by atoms with Crippen molar-refractivity contribution in [1.29, 1.82) is 0 Å². The number of anilines is 3. The quantitative estimate of drug-likeness (QED) is 0.658. The Morgan fingerprint density at radius 1 is 0.857 bits per heavy atom. The van der Waals surface area contributed by atoms with Gasteiger partial charge in [-0.15, -0.1) is 0 Å². The van der Waals surface area contributed by atoms with Crippen molar-refractivity contribution >= 4 is 27.1 Å². The summed E-state index contributed by atoms with van der Waals surface area (Å²) in [5.74, 6) is 0.0677. The molecule has 0 aliphatic carbocycles. The Hall–Kier alpha value is -2.79. The van der Waals surface area contributed by atoms with E-state index in [0.717, 1.165) is 30.6 Å². The molecule has 5 heteroatoms. The summed E-state index contributed by atoms with van der Waals surface area (Å²) >= 11 is 0. The van der Waals surface area contributed by atoms with E-state index in [4.69, 9.17) is 0 Å². The second-order valence-electron chi connectivity index (χ2n) is 7.09. The van der Waals surface area contributed by atoms with Crippen LogP contribution in [0.2, 0.25) is 0 Å². The maximum atomic E-state index is 12.4. The van der Waals surface area contributed by atoms with Crippen LogP contribution < -0.4 is 9.62 Å². The molecular formula is C23H24N2O2S. The fraction of sp³-hybridized carbons (Fsp3) is 0.217. The number of benzene rings is 3. The van der Waals surface area contributed by atoms with Gasteiger partial charge in [-0.3, -0.25) is 4.72 Å². The maximum Gasteiger partial charge on any atom is 0.233 e. The highest BCUT2D eigenvalue weighted by Gasteiger charge is 2.18. The first kappa shape index (κ1) is 18.6. The van der Waals surface area contributed by atoms with Crippen molar-refractivity contribution in [3.63, 3.8) is 0 Å². The van der Waals surface area contributed by atoms with Crippen LogP contribution in [0.3, 0.4) is 0 Å². The molecule has 0 saturated heterocycles. The first-order valence-electron chi connectivity index (χ1n) is 9.61. The largest absolute Gasteiger partial charge is 0.341 e. The van der Waals surface area contributed by atoms with E-state index in [0.29, 0.717) is 12.1 Å². The Labute approximate surface area is 166 Å². The number of sulfonamides is 1. The SMILES string of the molecule is O=S(=O)(CCc1ccccc1)Nc1ccc(N2CCCc3ccccc32)cc1. The topological polar surface area (TPSA) is 49.4 Å². The number of nitrogens with zero attached hydrogens (tertiary/aromatic N) is 1. The molecule has 1 aliphatic heterocycles. The monoisotopic (exact) mass is 392 g/mol. The molecule has 4 rings (SSSR count). The van der Waals surface area contributed by atoms with Crippen LogP contribution in [0.25, 0.3) is 0 Å². The van der Waals surface area contributed by atoms with Crippen LogP contribution in [-0.2, 0) is 22.9 Å². The van der Waals surface area contributed by atoms with Gasteiger partial charge in [0.1, 0.15) is 0 Å². The van der Waals surface area contributed by atoms with Crippen LogP contribution in [0, 0.1) is 0 Å². The normalized spacial score (nSPS) is 13.8. The Kier molecular flexibility index (Phi) is 5.35. The lowest BCUT2D eigenvalue weighted by molar-refractivity contribution is 0.600. The van der Waals surface area contributed by atoms with Gasteiger partial charge in [0.2, 0.25) is 10.0 Å². The fourth-order valence-corrected chi connectivity index (χ4v) is 4.74. The minimum Gasteiger partial charge on any atom is -0.341 e. The number of hydrogen-bond donors (Lipinski definition) is 1. The minimum atomic E-state index is -3.38. The molecule has 1 heterocycles. The molecule has 0 saturated carbocycles. The maximum absolute atomic E-state index is 12.4. The second-order valence-corrected chi connectivity index (χ2v) is 8.93. The average molecular weight is 393 g/mol. The van der Waals surface area contributed by atoms with Crippen molar-refractivity contribution in [3.05, 3.63) is 90.0 Å². The van der Waals surface area contributed by atoms with Crippen molar-refractivity contribution in [2.45, 2.75) is 19.3 Å². The van der Waals surface area contributed by atoms with Crippen LogP contribution in [0.5, 0.6) is 0 Å². The zero-order valence-electron chi connectivity index (χ0n) is 15.7. The summed E-state index contributed by atoms with van der Waals surface area (Å²) in [6.45, 7) is 0.971. The number of para-hydroxylation sites is 1. The van der Waals surface area contributed by atoms with Gasteiger partial charge in [-0.05, 0) is 60.7 Å². The van der Waals surface area contributed by atoms with E-state index in [1.807, 2.05) is 54.6 Å². The van der Waals surface area contributed by atoms with Gasteiger partial charge >= 0.3 is 0 Å². The van der Waals surface area contributed by atoms with Gasteiger partial charge < -0.3 is 4.90 Å². The molecule has 0 fully saturated rings. The van der Waals surface area contributed by atoms with Gasteiger partial charge in [0.15, 0.2) is 0 Å². The molecule has 3 aromatic carbocycles. The summed E-state index contributed by atoms with van der Waals surface area (Å²) < 4.78 is 27.5. The second kappa shape index (κ2) is 8.07. The fourth-order valence-electron chi connectivity index (χ4n) is 3.64. The summed E-state index contributed by atoms with van der Waals surface area (Å²) in [5.41, 5.74) is 5.30. The standard InChI is InChI=1S/C23H24N2O2S/c26-28(27,18-16-19-7-2-1-3-8-19)24-21-12-14-22(15-13-21)25-17-6-10-20-9-4-5-11-23(20)25/h1-5,7-9,11-15,24H,6,10,16-18H2. The third kappa shape index (κ3) is 4.37. The van der Waals surface area contributed by atoms with E-state index < -0.39 is 10.0 Å². The van der Waals surface area contributed by atoms with Crippen LogP contribution in [-0.4, -0.2) is 20.7 Å². The van der Waals surface area contributed by atoms with Gasteiger partial charge in [-0.1, -0.05) is 48.5 Å². The molecule has 4 nitrogen and oxygen atoms in total. The van der Waals surface area contributed by atoms with Crippen molar-refractivity contribution in [3.8, 4) is 0 Å². The van der Waals surface area contributed by atoms with E-state index in [2.05, 4.69) is 33.9 Å². The van der Waals surface area contributed by atoms with Crippen molar-refractivity contribution in [2.75, 3.05) is 21.9 Å². The summed E-state index contributed by atoms with van der Waals surface area (Å²) in [4.78, 5) is 2.30. The lowest BCUT2D eigenvalue weighted by atomic mass is 10.0. The Morgan fingerprint density at radius 2 is 1.57 bits per heavy atom. The van der Waals surface area contributed by atoms with Crippen molar-refractivity contribution < 1.29 is 8.42 Å². The lowest BCUT2D eigenvalue weighted by Gasteiger charge is -2.31. The molecule has 1 N–H and O–H groups in total. The molecule has 1 aliphatic rings. The molecule has 0 radical (unpaired) electrons. The third-order valence-electron chi connectivity index (χ3n) is 5.06. The molecule has 3 aromatic rings. The van der Waals surface area contributed by atoms with Crippen LogP contribution in [0.15, 0.2) is 78.9 Å². The highest BCUT2D eigenvalue weighted by atomic mass is 32.2. The van der Waals surface area contributed by atoms with E-state index in [9.17, 15) is 8.42 Å². The average Bonchev–Trinajstić information content (AvgIpc) is 2.73. The van der Waals surface area contributed by atoms with Crippen LogP contribution >= 0.6 is 0 Å². The number of fused-ring (bicyclic) bond motifs is 1. The zero-order chi connectivity index (χ0) is 19.4. The number of aryl methyl sites for hydroxylation is 2. The molecule has 28 heavy (non-hydrogen) atoms. The zero-order valence-corrected chi connectivity index (χ0v) is 16.5. The molecular weight excluding hydrogens is 368 g/mol. The summed E-state index contributed by atoms with van der Waals surface area (Å²) in [5, 5.41) is 0. The first-order valence-corrected chi connectivity index (χ1v) is 11.3. The van der Waals surface area contributed by atoms with Crippen molar-refractivity contribution in [1.82, 2.24) is 0 Å². The highest BCUT2D eigenvalue weighted by Crippen LogP contribution is 2.33. The predicted molar refractivity (Wildman–Crippen MR) is 116 cm³/mol. The number of rotatable bonds is 6. The smallest absolute Gasteiger partial charge is 0.233 e. The van der Waals surface area contributed by atoms with Gasteiger partial charge in [0.25, 0.3) is 0 Å². The Bertz CT molecular complexity index is 1030. The molecule has 0 unspecified atom stereocenters. The van der Waals surface area contributed by atoms with E-state index >= 15 is 0 Å². The molecule has 0 spiro atoms. The molecule has 0 atom stereocenters. The van der Waals surface area contributed by atoms with Gasteiger partial charge in [0, 0.05) is 23.6 Å². The highest BCUT2D eigenvalue weighted by molar-refractivity contribution is 7.92. The number of nitrogens with one attached hydrogen (secondary N) is 1. The minimum absolute atomic E-state index is 0.0677. The molecule has 0 amide bonds. The summed E-state index contributed by atoms with van der Waals surface area (Å²) in [7, 11) is -3.38. The van der Waals surface area contributed by atoms with Crippen LogP contribution in [0.1, 0.15) is 17.5 Å². The molecule has 0 aromatic heterocycles. The first-order chi connectivity index (χ1) is 13.6. The van der Waals surface area contributed by atoms with Crippen molar-refractivity contribution in [2.24, 2.45) is 0 Å². The lowest BCUT2D eigenvalue weighted by Crippen LogP contribution is -2.24. The van der Waals surface area contributed by atoms with Gasteiger partial charge in [0.05, 0.1) is 5.75 Å². The summed E-state index contributed by atoms with van der Waals surface area (Å²) in [6.07, 6.45) is 2.72. The van der Waals surface area contributed by atoms with Gasteiger partial charge in [-0.2, -0.15) is 0 Å².